The number of aromatic nitrogens is 2. The van der Waals surface area contributed by atoms with Crippen LogP contribution in [-0.4, -0.2) is 27.5 Å². The first-order valence-electron chi connectivity index (χ1n) is 9.01. The van der Waals surface area contributed by atoms with Crippen LogP contribution in [0.2, 0.25) is 10.0 Å². The Hall–Kier alpha value is -1.81. The van der Waals surface area contributed by atoms with Gasteiger partial charge in [0.25, 0.3) is 0 Å². The molecule has 0 radical (unpaired) electrons. The van der Waals surface area contributed by atoms with Crippen LogP contribution in [0, 0.1) is 0 Å². The number of benzene rings is 2. The van der Waals surface area contributed by atoms with Crippen molar-refractivity contribution < 1.29 is 0 Å². The van der Waals surface area contributed by atoms with Crippen LogP contribution in [0.5, 0.6) is 0 Å². The zero-order valence-electron chi connectivity index (χ0n) is 14.3. The summed E-state index contributed by atoms with van der Waals surface area (Å²) in [5.74, 6) is 0.879. The third-order valence-corrected chi connectivity index (χ3v) is 6.15. The molecule has 1 aromatic heterocycles. The van der Waals surface area contributed by atoms with E-state index >= 15 is 0 Å². The highest BCUT2D eigenvalue weighted by atomic mass is 35.5. The predicted octanol–water partition coefficient (Wildman–Crippen LogP) is 4.91. The molecule has 2 aliphatic rings. The molecule has 3 nitrogen and oxygen atoms in total. The van der Waals surface area contributed by atoms with Gasteiger partial charge in [0.2, 0.25) is 0 Å². The predicted molar refractivity (Wildman–Crippen MR) is 106 cm³/mol. The maximum Gasteiger partial charge on any atom is 0.139 e. The highest BCUT2D eigenvalue weighted by molar-refractivity contribution is 6.33. The van der Waals surface area contributed by atoms with Gasteiger partial charge in [-0.25, -0.2) is 4.98 Å². The minimum Gasteiger partial charge on any atom is -0.340 e. The van der Waals surface area contributed by atoms with E-state index in [1.807, 2.05) is 30.3 Å². The largest absolute Gasteiger partial charge is 0.340 e. The molecule has 0 fully saturated rings. The van der Waals surface area contributed by atoms with E-state index in [1.54, 1.807) is 0 Å². The average Bonchev–Trinajstić information content (AvgIpc) is 3.24. The van der Waals surface area contributed by atoms with Crippen LogP contribution < -0.4 is 0 Å². The molecule has 0 amide bonds. The molecule has 0 saturated carbocycles. The number of halogens is 2. The van der Waals surface area contributed by atoms with Gasteiger partial charge in [-0.1, -0.05) is 41.4 Å². The van der Waals surface area contributed by atoms with Gasteiger partial charge in [0.1, 0.15) is 5.82 Å². The van der Waals surface area contributed by atoms with E-state index in [0.29, 0.717) is 6.04 Å². The summed E-state index contributed by atoms with van der Waals surface area (Å²) in [5.41, 5.74) is 6.20. The Morgan fingerprint density at radius 2 is 1.88 bits per heavy atom. The van der Waals surface area contributed by atoms with Crippen molar-refractivity contribution in [2.24, 2.45) is 0 Å². The van der Waals surface area contributed by atoms with E-state index < -0.39 is 0 Å². The molecule has 2 heterocycles. The van der Waals surface area contributed by atoms with Crippen molar-refractivity contribution in [1.82, 2.24) is 14.9 Å². The molecule has 0 bridgehead atoms. The molecule has 26 heavy (non-hydrogen) atoms. The Morgan fingerprint density at radius 3 is 2.77 bits per heavy atom. The van der Waals surface area contributed by atoms with Crippen molar-refractivity contribution in [2.75, 3.05) is 6.54 Å². The summed E-state index contributed by atoms with van der Waals surface area (Å²) in [5, 5.41) is 1.57. The van der Waals surface area contributed by atoms with Crippen molar-refractivity contribution in [2.45, 2.75) is 31.8 Å². The van der Waals surface area contributed by atoms with E-state index in [-0.39, 0.29) is 0 Å². The first-order chi connectivity index (χ1) is 12.7. The number of hydrogen-bond donors (Lipinski definition) is 1. The lowest BCUT2D eigenvalue weighted by Crippen LogP contribution is -2.39. The van der Waals surface area contributed by atoms with E-state index in [4.69, 9.17) is 28.2 Å². The quantitative estimate of drug-likeness (QED) is 0.681. The molecular weight excluding hydrogens is 365 g/mol. The van der Waals surface area contributed by atoms with Crippen LogP contribution in [-0.2, 0) is 25.8 Å². The van der Waals surface area contributed by atoms with Crippen LogP contribution in [0.1, 0.15) is 22.5 Å². The Morgan fingerprint density at radius 1 is 1.04 bits per heavy atom. The Kier molecular flexibility index (Phi) is 4.04. The van der Waals surface area contributed by atoms with Gasteiger partial charge in [-0.15, -0.1) is 0 Å². The lowest BCUT2D eigenvalue weighted by Gasteiger charge is -2.31. The fourth-order valence-electron chi connectivity index (χ4n) is 4.23. The zero-order valence-corrected chi connectivity index (χ0v) is 15.8. The minimum atomic E-state index is 0.545. The lowest BCUT2D eigenvalue weighted by molar-refractivity contribution is 0.181. The molecule has 2 aromatic carbocycles. The van der Waals surface area contributed by atoms with Gasteiger partial charge in [-0.05, 0) is 48.2 Å². The van der Waals surface area contributed by atoms with E-state index in [0.717, 1.165) is 53.8 Å². The molecule has 5 heteroatoms. The Labute approximate surface area is 163 Å². The number of aromatic amines is 1. The number of H-pyrrole nitrogens is 1. The summed E-state index contributed by atoms with van der Waals surface area (Å²) in [6.07, 6.45) is 3.16. The van der Waals surface area contributed by atoms with Crippen LogP contribution in [0.3, 0.4) is 0 Å². The Bertz CT molecular complexity index is 979. The molecule has 1 N–H and O–H groups in total. The molecule has 0 spiro atoms. The summed E-state index contributed by atoms with van der Waals surface area (Å²) < 4.78 is 0. The number of fused-ring (bicyclic) bond motifs is 2. The first kappa shape index (κ1) is 16.4. The second-order valence-electron chi connectivity index (χ2n) is 7.19. The third kappa shape index (κ3) is 2.84. The smallest absolute Gasteiger partial charge is 0.139 e. The maximum atomic E-state index is 6.34. The number of rotatable bonds is 2. The maximum absolute atomic E-state index is 6.34. The summed E-state index contributed by atoms with van der Waals surface area (Å²) >= 11 is 12.5. The van der Waals surface area contributed by atoms with Crippen LogP contribution in [0.25, 0.3) is 11.4 Å². The van der Waals surface area contributed by atoms with Crippen molar-refractivity contribution in [3.63, 3.8) is 0 Å². The van der Waals surface area contributed by atoms with Gasteiger partial charge in [-0.2, -0.15) is 0 Å². The molecule has 132 valence electrons. The second kappa shape index (κ2) is 6.41. The highest BCUT2D eigenvalue weighted by Gasteiger charge is 2.30. The fourth-order valence-corrected chi connectivity index (χ4v) is 4.65. The SMILES string of the molecule is Clc1ccc2c(c1)CC(N1CCc3nc(-c4ccccc4Cl)[nH]c3C1)C2. The number of imidazole rings is 1. The van der Waals surface area contributed by atoms with Gasteiger partial charge in [-0.3, -0.25) is 4.90 Å². The van der Waals surface area contributed by atoms with Gasteiger partial charge in [0, 0.05) is 36.1 Å². The Balaban J connectivity index is 1.37. The molecule has 1 aliphatic heterocycles. The normalized spacial score (nSPS) is 19.4. The van der Waals surface area contributed by atoms with Crippen molar-refractivity contribution in [3.8, 4) is 11.4 Å². The fraction of sp³-hybridized carbons (Fsp3) is 0.286. The summed E-state index contributed by atoms with van der Waals surface area (Å²) in [4.78, 5) is 10.9. The summed E-state index contributed by atoms with van der Waals surface area (Å²) in [7, 11) is 0. The van der Waals surface area contributed by atoms with Gasteiger partial charge in [0.05, 0.1) is 16.4 Å². The monoisotopic (exact) mass is 383 g/mol. The number of hydrogen-bond acceptors (Lipinski definition) is 2. The molecular formula is C21H19Cl2N3. The zero-order chi connectivity index (χ0) is 17.7. The minimum absolute atomic E-state index is 0.545. The summed E-state index contributed by atoms with van der Waals surface area (Å²) in [6, 6.07) is 14.7. The first-order valence-corrected chi connectivity index (χ1v) is 9.77. The van der Waals surface area contributed by atoms with E-state index in [1.165, 1.54) is 22.5 Å². The van der Waals surface area contributed by atoms with Crippen LogP contribution >= 0.6 is 23.2 Å². The second-order valence-corrected chi connectivity index (χ2v) is 8.03. The molecule has 1 unspecified atom stereocenters. The van der Waals surface area contributed by atoms with E-state index in [2.05, 4.69) is 22.0 Å². The molecule has 1 atom stereocenters. The van der Waals surface area contributed by atoms with Crippen molar-refractivity contribution >= 4 is 23.2 Å². The average molecular weight is 384 g/mol. The topological polar surface area (TPSA) is 31.9 Å². The summed E-state index contributed by atoms with van der Waals surface area (Å²) in [6.45, 7) is 1.96. The van der Waals surface area contributed by atoms with Crippen LogP contribution in [0.15, 0.2) is 42.5 Å². The van der Waals surface area contributed by atoms with Gasteiger partial charge < -0.3 is 4.98 Å². The van der Waals surface area contributed by atoms with Crippen LogP contribution in [0.4, 0.5) is 0 Å². The standard InChI is InChI=1S/C21H19Cl2N3/c22-15-6-5-13-10-16(11-14(13)9-15)26-8-7-19-20(12-26)25-21(24-19)17-3-1-2-4-18(17)23/h1-6,9,16H,7-8,10-12H2,(H,24,25). The third-order valence-electron chi connectivity index (χ3n) is 5.59. The lowest BCUT2D eigenvalue weighted by atomic mass is 10.1. The number of nitrogens with zero attached hydrogens (tertiary/aromatic N) is 2. The molecule has 1 aliphatic carbocycles. The van der Waals surface area contributed by atoms with Crippen molar-refractivity contribution in [1.29, 1.82) is 0 Å². The van der Waals surface area contributed by atoms with Gasteiger partial charge >= 0.3 is 0 Å². The number of nitrogens with one attached hydrogen (secondary N) is 1. The van der Waals surface area contributed by atoms with Gasteiger partial charge in [0.15, 0.2) is 0 Å². The molecule has 5 rings (SSSR count). The molecule has 0 saturated heterocycles. The molecule has 3 aromatic rings. The highest BCUT2D eigenvalue weighted by Crippen LogP contribution is 2.32. The van der Waals surface area contributed by atoms with E-state index in [9.17, 15) is 0 Å². The van der Waals surface area contributed by atoms with Crippen molar-refractivity contribution in [3.05, 3.63) is 75.0 Å².